The van der Waals surface area contributed by atoms with Gasteiger partial charge in [0.15, 0.2) is 6.10 Å². The molecule has 2 atom stereocenters. The quantitative estimate of drug-likeness (QED) is 0.0211. The van der Waals surface area contributed by atoms with Crippen LogP contribution in [-0.2, 0) is 33.3 Å². The van der Waals surface area contributed by atoms with E-state index < -0.39 is 24.3 Å². The third kappa shape index (κ3) is 47.0. The number of likely N-dealkylation sites (N-methyl/N-ethyl adjacent to an activating group) is 1. The maximum atomic E-state index is 12.8. The molecule has 0 aromatic heterocycles. The van der Waals surface area contributed by atoms with Crippen molar-refractivity contribution in [1.29, 1.82) is 0 Å². The first-order valence-electron chi connectivity index (χ1n) is 26.0. The number of carboxylic acids is 1. The van der Waals surface area contributed by atoms with Gasteiger partial charge < -0.3 is 28.5 Å². The SMILES string of the molecule is CC/C=C\C/C=C\C/C=C\C/C=C\C/C=C\CCCCCCCCCC(=O)OC(COC(=O)CCCCCCCCCCCCCCCCCC)COC(OCC[N+](C)(C)C)C(=O)O. The summed E-state index contributed by atoms with van der Waals surface area (Å²) in [6.45, 7) is 4.76. The van der Waals surface area contributed by atoms with E-state index in [1.807, 2.05) is 21.1 Å². The topological polar surface area (TPSA) is 108 Å². The van der Waals surface area contributed by atoms with Crippen LogP contribution >= 0.6 is 0 Å². The van der Waals surface area contributed by atoms with Crippen molar-refractivity contribution in [2.24, 2.45) is 0 Å². The summed E-state index contributed by atoms with van der Waals surface area (Å²) in [7, 11) is 5.96. The minimum atomic E-state index is -1.51. The Hall–Kier alpha value is -3.01. The highest BCUT2D eigenvalue weighted by Gasteiger charge is 2.25. The van der Waals surface area contributed by atoms with Gasteiger partial charge in [-0.2, -0.15) is 0 Å². The number of hydrogen-bond acceptors (Lipinski definition) is 7. The maximum Gasteiger partial charge on any atom is 0.361 e. The summed E-state index contributed by atoms with van der Waals surface area (Å²) in [5, 5.41) is 9.67. The molecule has 0 saturated carbocycles. The zero-order valence-corrected chi connectivity index (χ0v) is 41.9. The molecular formula is C55H98NO8+. The monoisotopic (exact) mass is 901 g/mol. The fraction of sp³-hybridized carbons (Fsp3) is 0.764. The van der Waals surface area contributed by atoms with Crippen molar-refractivity contribution < 1.29 is 42.9 Å². The van der Waals surface area contributed by atoms with Crippen LogP contribution < -0.4 is 0 Å². The second-order valence-corrected chi connectivity index (χ2v) is 18.5. The first-order chi connectivity index (χ1) is 31.1. The van der Waals surface area contributed by atoms with Crippen LogP contribution in [0.3, 0.4) is 0 Å². The summed E-state index contributed by atoms with van der Waals surface area (Å²) in [4.78, 5) is 37.3. The molecule has 64 heavy (non-hydrogen) atoms. The van der Waals surface area contributed by atoms with Crippen molar-refractivity contribution in [2.75, 3.05) is 47.5 Å². The summed E-state index contributed by atoms with van der Waals surface area (Å²) in [5.74, 6) is -2.02. The second-order valence-electron chi connectivity index (χ2n) is 18.5. The molecule has 2 unspecified atom stereocenters. The number of carboxylic acid groups (broad SMARTS) is 1. The Kier molecular flexibility index (Phi) is 44.3. The lowest BCUT2D eigenvalue weighted by atomic mass is 10.0. The number of ether oxygens (including phenoxy) is 4. The van der Waals surface area contributed by atoms with Gasteiger partial charge in [-0.15, -0.1) is 0 Å². The van der Waals surface area contributed by atoms with Crippen molar-refractivity contribution in [3.8, 4) is 0 Å². The van der Waals surface area contributed by atoms with Gasteiger partial charge >= 0.3 is 17.9 Å². The summed E-state index contributed by atoms with van der Waals surface area (Å²) < 4.78 is 22.8. The number of hydrogen-bond donors (Lipinski definition) is 1. The van der Waals surface area contributed by atoms with Crippen molar-refractivity contribution in [2.45, 2.75) is 225 Å². The molecule has 0 saturated heterocycles. The van der Waals surface area contributed by atoms with Crippen LogP contribution in [0, 0.1) is 0 Å². The summed E-state index contributed by atoms with van der Waals surface area (Å²) in [5.41, 5.74) is 0. The Balaban J connectivity index is 4.35. The lowest BCUT2D eigenvalue weighted by molar-refractivity contribution is -0.870. The number of rotatable bonds is 47. The maximum absolute atomic E-state index is 12.8. The third-order valence-electron chi connectivity index (χ3n) is 11.0. The van der Waals surface area contributed by atoms with Crippen molar-refractivity contribution in [3.63, 3.8) is 0 Å². The van der Waals surface area contributed by atoms with Crippen molar-refractivity contribution in [3.05, 3.63) is 60.8 Å². The number of carbonyl (C=O) groups excluding carboxylic acids is 2. The molecule has 0 rings (SSSR count). The molecule has 0 fully saturated rings. The van der Waals surface area contributed by atoms with Gasteiger partial charge in [0, 0.05) is 12.8 Å². The zero-order chi connectivity index (χ0) is 47.0. The summed E-state index contributed by atoms with van der Waals surface area (Å²) in [6.07, 6.45) is 54.2. The fourth-order valence-electron chi connectivity index (χ4n) is 7.04. The van der Waals surface area contributed by atoms with Gasteiger partial charge in [-0.05, 0) is 57.8 Å². The van der Waals surface area contributed by atoms with E-state index in [0.29, 0.717) is 23.9 Å². The van der Waals surface area contributed by atoms with Gasteiger partial charge in [-0.3, -0.25) is 9.59 Å². The van der Waals surface area contributed by atoms with E-state index in [2.05, 4.69) is 74.6 Å². The number of esters is 2. The molecular weight excluding hydrogens is 803 g/mol. The molecule has 0 aromatic carbocycles. The first-order valence-corrected chi connectivity index (χ1v) is 26.0. The largest absolute Gasteiger partial charge is 0.477 e. The van der Waals surface area contributed by atoms with E-state index in [-0.39, 0.29) is 32.2 Å². The summed E-state index contributed by atoms with van der Waals surface area (Å²) in [6, 6.07) is 0. The fourth-order valence-corrected chi connectivity index (χ4v) is 7.04. The predicted molar refractivity (Wildman–Crippen MR) is 267 cm³/mol. The second kappa shape index (κ2) is 46.5. The summed E-state index contributed by atoms with van der Waals surface area (Å²) >= 11 is 0. The predicted octanol–water partition coefficient (Wildman–Crippen LogP) is 14.5. The molecule has 0 bridgehead atoms. The Morgan fingerprint density at radius 1 is 0.484 bits per heavy atom. The average molecular weight is 901 g/mol. The van der Waals surface area contributed by atoms with Gasteiger partial charge in [-0.1, -0.05) is 203 Å². The lowest BCUT2D eigenvalue weighted by Crippen LogP contribution is -2.40. The molecule has 9 heteroatoms. The Bertz CT molecular complexity index is 1230. The zero-order valence-electron chi connectivity index (χ0n) is 41.9. The third-order valence-corrected chi connectivity index (χ3v) is 11.0. The molecule has 0 aliphatic carbocycles. The van der Waals surface area contributed by atoms with E-state index in [0.717, 1.165) is 77.0 Å². The van der Waals surface area contributed by atoms with E-state index in [9.17, 15) is 19.5 Å². The van der Waals surface area contributed by atoms with Crippen LogP contribution in [0.5, 0.6) is 0 Å². The molecule has 0 aliphatic heterocycles. The molecule has 0 amide bonds. The smallest absolute Gasteiger partial charge is 0.361 e. The molecule has 0 heterocycles. The van der Waals surface area contributed by atoms with Gasteiger partial charge in [0.2, 0.25) is 0 Å². The highest BCUT2D eigenvalue weighted by atomic mass is 16.7. The number of aliphatic carboxylic acids is 1. The van der Waals surface area contributed by atoms with Gasteiger partial charge in [0.05, 0.1) is 34.4 Å². The molecule has 0 radical (unpaired) electrons. The van der Waals surface area contributed by atoms with Gasteiger partial charge in [0.1, 0.15) is 13.2 Å². The number of quaternary nitrogens is 1. The Labute approximate surface area is 393 Å². The first kappa shape index (κ1) is 61.0. The van der Waals surface area contributed by atoms with E-state index in [1.165, 1.54) is 103 Å². The average Bonchev–Trinajstić information content (AvgIpc) is 3.26. The molecule has 0 spiro atoms. The standard InChI is InChI=1S/C55H97NO8/c1-6-8-10-12-14-16-18-20-22-24-25-26-27-28-29-30-32-34-36-38-40-42-44-46-53(58)64-51(50-63-55(54(59)60)61-48-47-56(3,4)5)49-62-52(57)45-43-41-39-37-35-33-31-23-21-19-17-15-13-11-9-7-2/h8,10,14,16,20,22,25-26,28-29,51,55H,6-7,9,11-13,15,17-19,21,23-24,27,30-50H2,1-5H3/p+1/b10-8-,16-14-,22-20-,26-25-,29-28-. The normalized spacial score (nSPS) is 13.3. The lowest BCUT2D eigenvalue weighted by Gasteiger charge is -2.25. The molecule has 9 nitrogen and oxygen atoms in total. The highest BCUT2D eigenvalue weighted by Crippen LogP contribution is 2.15. The van der Waals surface area contributed by atoms with Crippen LogP contribution in [0.15, 0.2) is 60.8 Å². The molecule has 0 aliphatic rings. The van der Waals surface area contributed by atoms with E-state index in [4.69, 9.17) is 18.9 Å². The van der Waals surface area contributed by atoms with Crippen molar-refractivity contribution in [1.82, 2.24) is 0 Å². The number of unbranched alkanes of at least 4 members (excludes halogenated alkanes) is 22. The van der Waals surface area contributed by atoms with Crippen LogP contribution in [-0.4, -0.2) is 87.4 Å². The van der Waals surface area contributed by atoms with Crippen LogP contribution in [0.4, 0.5) is 0 Å². The van der Waals surface area contributed by atoms with E-state index in [1.54, 1.807) is 0 Å². The number of allylic oxidation sites excluding steroid dienone is 10. The van der Waals surface area contributed by atoms with E-state index >= 15 is 0 Å². The van der Waals surface area contributed by atoms with Gasteiger partial charge in [0.25, 0.3) is 6.29 Å². The minimum absolute atomic E-state index is 0.184. The Morgan fingerprint density at radius 3 is 1.33 bits per heavy atom. The number of nitrogens with zero attached hydrogens (tertiary/aromatic N) is 1. The molecule has 1 N–H and O–H groups in total. The van der Waals surface area contributed by atoms with Crippen LogP contribution in [0.25, 0.3) is 0 Å². The molecule has 370 valence electrons. The molecule has 0 aromatic rings. The highest BCUT2D eigenvalue weighted by molar-refractivity contribution is 5.71. The van der Waals surface area contributed by atoms with Crippen molar-refractivity contribution >= 4 is 17.9 Å². The Morgan fingerprint density at radius 2 is 0.891 bits per heavy atom. The van der Waals surface area contributed by atoms with Crippen LogP contribution in [0.1, 0.15) is 213 Å². The van der Waals surface area contributed by atoms with Gasteiger partial charge in [-0.25, -0.2) is 4.79 Å². The minimum Gasteiger partial charge on any atom is -0.477 e. The van der Waals surface area contributed by atoms with Crippen LogP contribution in [0.2, 0.25) is 0 Å². The number of carbonyl (C=O) groups is 3.